The van der Waals surface area contributed by atoms with Crippen molar-refractivity contribution in [1.82, 2.24) is 0 Å². The minimum atomic E-state index is 0.0190. The molecular weight excluding hydrogens is 208 g/mol. The minimum absolute atomic E-state index is 0.0190. The van der Waals surface area contributed by atoms with Crippen LogP contribution in [0.1, 0.15) is 13.3 Å². The molecule has 0 bridgehead atoms. The number of ether oxygens (including phenoxy) is 1. The highest BCUT2D eigenvalue weighted by molar-refractivity contribution is 7.80. The van der Waals surface area contributed by atoms with E-state index >= 15 is 0 Å². The smallest absolute Gasteiger partial charge is 0.137 e. The first kappa shape index (κ1) is 10.5. The molecule has 2 nitrogen and oxygen atoms in total. The molecule has 0 aromatic heterocycles. The Bertz CT molecular complexity index is 302. The predicted octanol–water partition coefficient (Wildman–Crippen LogP) is 3.12. The average Bonchev–Trinajstić information content (AvgIpc) is 2.09. The molecule has 0 radical (unpaired) electrons. The van der Waals surface area contributed by atoms with E-state index in [1.807, 2.05) is 6.92 Å². The molecule has 0 saturated carbocycles. The molecule has 0 amide bonds. The lowest BCUT2D eigenvalue weighted by Gasteiger charge is -2.08. The van der Waals surface area contributed by atoms with E-state index in [0.29, 0.717) is 17.3 Å². The molecular formula is C9H11ClO2S. The Balaban J connectivity index is 2.88. The van der Waals surface area contributed by atoms with Crippen molar-refractivity contribution in [2.24, 2.45) is 0 Å². The predicted molar refractivity (Wildman–Crippen MR) is 56.2 cm³/mol. The summed E-state index contributed by atoms with van der Waals surface area (Å²) in [5.74, 6) is 0.581. The van der Waals surface area contributed by atoms with Crippen LogP contribution >= 0.6 is 24.2 Å². The summed E-state index contributed by atoms with van der Waals surface area (Å²) in [6.07, 6.45) is 0.913. The molecule has 0 heterocycles. The largest absolute Gasteiger partial charge is 0.506 e. The first-order valence-electron chi connectivity index (χ1n) is 3.99. The molecule has 1 aromatic carbocycles. The zero-order valence-electron chi connectivity index (χ0n) is 7.25. The first-order chi connectivity index (χ1) is 6.15. The van der Waals surface area contributed by atoms with Gasteiger partial charge < -0.3 is 9.84 Å². The number of phenols is 1. The van der Waals surface area contributed by atoms with Crippen molar-refractivity contribution >= 4 is 24.2 Å². The highest BCUT2D eigenvalue weighted by atomic mass is 35.5. The Morgan fingerprint density at radius 2 is 2.23 bits per heavy atom. The van der Waals surface area contributed by atoms with Gasteiger partial charge in [-0.2, -0.15) is 0 Å². The van der Waals surface area contributed by atoms with Crippen LogP contribution in [0.4, 0.5) is 0 Å². The monoisotopic (exact) mass is 218 g/mol. The Morgan fingerprint density at radius 3 is 2.85 bits per heavy atom. The summed E-state index contributed by atoms with van der Waals surface area (Å²) in [5.41, 5.74) is 0. The highest BCUT2D eigenvalue weighted by Crippen LogP contribution is 2.33. The van der Waals surface area contributed by atoms with Crippen LogP contribution in [-0.4, -0.2) is 11.7 Å². The van der Waals surface area contributed by atoms with E-state index in [1.165, 1.54) is 6.07 Å². The number of thiol groups is 1. The second kappa shape index (κ2) is 4.63. The lowest BCUT2D eigenvalue weighted by atomic mass is 10.3. The zero-order valence-corrected chi connectivity index (χ0v) is 8.90. The summed E-state index contributed by atoms with van der Waals surface area (Å²) < 4.78 is 5.33. The SMILES string of the molecule is CCCOc1cc(O)c(Cl)cc1S. The maximum absolute atomic E-state index is 9.28. The maximum Gasteiger partial charge on any atom is 0.137 e. The molecule has 1 N–H and O–H groups in total. The van der Waals surface area contributed by atoms with Crippen molar-refractivity contribution in [2.45, 2.75) is 18.2 Å². The number of phenolic OH excluding ortho intramolecular Hbond substituents is 1. The van der Waals surface area contributed by atoms with E-state index in [2.05, 4.69) is 12.6 Å². The Labute approximate surface area is 87.9 Å². The van der Waals surface area contributed by atoms with Gasteiger partial charge in [0, 0.05) is 11.0 Å². The van der Waals surface area contributed by atoms with Crippen LogP contribution in [0.5, 0.6) is 11.5 Å². The van der Waals surface area contributed by atoms with Crippen LogP contribution in [0.3, 0.4) is 0 Å². The van der Waals surface area contributed by atoms with E-state index in [9.17, 15) is 5.11 Å². The van der Waals surface area contributed by atoms with Gasteiger partial charge >= 0.3 is 0 Å². The van der Waals surface area contributed by atoms with Crippen LogP contribution in [0.2, 0.25) is 5.02 Å². The van der Waals surface area contributed by atoms with Gasteiger partial charge in [-0.15, -0.1) is 12.6 Å². The van der Waals surface area contributed by atoms with Crippen LogP contribution in [0.25, 0.3) is 0 Å². The van der Waals surface area contributed by atoms with Crippen LogP contribution < -0.4 is 4.74 Å². The molecule has 1 rings (SSSR count). The lowest BCUT2D eigenvalue weighted by Crippen LogP contribution is -1.95. The first-order valence-corrected chi connectivity index (χ1v) is 4.82. The molecule has 0 saturated heterocycles. The third kappa shape index (κ3) is 2.71. The molecule has 13 heavy (non-hydrogen) atoms. The number of benzene rings is 1. The molecule has 0 atom stereocenters. The number of hydrogen-bond donors (Lipinski definition) is 2. The van der Waals surface area contributed by atoms with Gasteiger partial charge in [0.1, 0.15) is 11.5 Å². The second-order valence-corrected chi connectivity index (χ2v) is 3.51. The third-order valence-corrected chi connectivity index (χ3v) is 2.14. The van der Waals surface area contributed by atoms with Gasteiger partial charge in [-0.25, -0.2) is 0 Å². The molecule has 1 aromatic rings. The fourth-order valence-corrected chi connectivity index (χ4v) is 1.36. The summed E-state index contributed by atoms with van der Waals surface area (Å²) in [7, 11) is 0. The summed E-state index contributed by atoms with van der Waals surface area (Å²) in [6, 6.07) is 3.03. The van der Waals surface area contributed by atoms with Crippen LogP contribution in [-0.2, 0) is 0 Å². The zero-order chi connectivity index (χ0) is 9.84. The van der Waals surface area contributed by atoms with Crippen molar-refractivity contribution in [2.75, 3.05) is 6.61 Å². The fraction of sp³-hybridized carbons (Fsp3) is 0.333. The summed E-state index contributed by atoms with van der Waals surface area (Å²) >= 11 is 9.83. The van der Waals surface area contributed by atoms with Gasteiger partial charge in [0.25, 0.3) is 0 Å². The molecule has 0 aliphatic heterocycles. The number of aromatic hydroxyl groups is 1. The van der Waals surface area contributed by atoms with E-state index in [1.54, 1.807) is 6.07 Å². The van der Waals surface area contributed by atoms with Crippen molar-refractivity contribution in [3.63, 3.8) is 0 Å². The number of rotatable bonds is 3. The second-order valence-electron chi connectivity index (χ2n) is 2.62. The Hall–Kier alpha value is -0.540. The Morgan fingerprint density at radius 1 is 1.54 bits per heavy atom. The third-order valence-electron chi connectivity index (χ3n) is 1.49. The summed E-state index contributed by atoms with van der Waals surface area (Å²) in [4.78, 5) is 0.635. The molecule has 0 aliphatic carbocycles. The Kier molecular flexibility index (Phi) is 3.75. The highest BCUT2D eigenvalue weighted by Gasteiger charge is 2.05. The molecule has 0 unspecified atom stereocenters. The maximum atomic E-state index is 9.28. The molecule has 72 valence electrons. The molecule has 0 aliphatic rings. The van der Waals surface area contributed by atoms with E-state index in [0.717, 1.165) is 6.42 Å². The van der Waals surface area contributed by atoms with Gasteiger partial charge in [-0.1, -0.05) is 18.5 Å². The fourth-order valence-electron chi connectivity index (χ4n) is 0.860. The van der Waals surface area contributed by atoms with Gasteiger partial charge in [0.05, 0.1) is 11.6 Å². The summed E-state index contributed by atoms with van der Waals surface area (Å²) in [5, 5.41) is 9.56. The van der Waals surface area contributed by atoms with Gasteiger partial charge in [0.15, 0.2) is 0 Å². The quantitative estimate of drug-likeness (QED) is 0.764. The topological polar surface area (TPSA) is 29.5 Å². The normalized spacial score (nSPS) is 10.1. The van der Waals surface area contributed by atoms with Crippen molar-refractivity contribution in [3.05, 3.63) is 17.2 Å². The van der Waals surface area contributed by atoms with Crippen molar-refractivity contribution < 1.29 is 9.84 Å². The molecule has 0 fully saturated rings. The standard InChI is InChI=1S/C9H11ClO2S/c1-2-3-12-8-5-7(11)6(10)4-9(8)13/h4-5,11,13H,2-3H2,1H3. The van der Waals surface area contributed by atoms with Crippen molar-refractivity contribution in [1.29, 1.82) is 0 Å². The summed E-state index contributed by atoms with van der Waals surface area (Å²) in [6.45, 7) is 2.61. The van der Waals surface area contributed by atoms with Crippen LogP contribution in [0.15, 0.2) is 17.0 Å². The average molecular weight is 219 g/mol. The lowest BCUT2D eigenvalue weighted by molar-refractivity contribution is 0.308. The van der Waals surface area contributed by atoms with Gasteiger partial charge in [-0.05, 0) is 12.5 Å². The van der Waals surface area contributed by atoms with Gasteiger partial charge in [-0.3, -0.25) is 0 Å². The van der Waals surface area contributed by atoms with E-state index in [-0.39, 0.29) is 10.8 Å². The molecule has 0 spiro atoms. The van der Waals surface area contributed by atoms with E-state index < -0.39 is 0 Å². The number of hydrogen-bond acceptors (Lipinski definition) is 3. The van der Waals surface area contributed by atoms with Crippen molar-refractivity contribution in [3.8, 4) is 11.5 Å². The van der Waals surface area contributed by atoms with Crippen LogP contribution in [0, 0.1) is 0 Å². The van der Waals surface area contributed by atoms with Gasteiger partial charge in [0.2, 0.25) is 0 Å². The van der Waals surface area contributed by atoms with E-state index in [4.69, 9.17) is 16.3 Å². The molecule has 4 heteroatoms. The minimum Gasteiger partial charge on any atom is -0.506 e. The number of halogens is 1.